The highest BCUT2D eigenvalue weighted by Gasteiger charge is 2.31. The van der Waals surface area contributed by atoms with E-state index in [1.54, 1.807) is 43.2 Å². The average molecular weight is 509 g/mol. The molecule has 2 fully saturated rings. The monoisotopic (exact) mass is 508 g/mol. The van der Waals surface area contributed by atoms with Crippen molar-refractivity contribution in [1.82, 2.24) is 4.90 Å². The molecule has 1 saturated carbocycles. The summed E-state index contributed by atoms with van der Waals surface area (Å²) >= 11 is 0. The van der Waals surface area contributed by atoms with Crippen molar-refractivity contribution in [2.45, 2.75) is 64.6 Å². The number of ether oxygens (including phenoxy) is 4. The second-order valence-corrected chi connectivity index (χ2v) is 10.4. The summed E-state index contributed by atoms with van der Waals surface area (Å²) < 4.78 is 22.9. The van der Waals surface area contributed by atoms with Crippen LogP contribution in [0, 0.1) is 0 Å². The number of rotatable bonds is 8. The first-order chi connectivity index (χ1) is 17.6. The Hall–Kier alpha value is -3.68. The van der Waals surface area contributed by atoms with Gasteiger partial charge in [-0.05, 0) is 82.4 Å². The topological polar surface area (TPSA) is 86.3 Å². The molecule has 1 aliphatic heterocycles. The smallest absolute Gasteiger partial charge is 0.410 e. The Kier molecular flexibility index (Phi) is 7.95. The highest BCUT2D eigenvalue weighted by molar-refractivity contribution is 6.02. The van der Waals surface area contributed by atoms with E-state index in [1.165, 1.54) is 18.4 Å². The number of likely N-dealkylation sites (tertiary alicyclic amines) is 1. The van der Waals surface area contributed by atoms with E-state index in [0.29, 0.717) is 48.4 Å². The first-order valence-corrected chi connectivity index (χ1v) is 12.7. The lowest BCUT2D eigenvalue weighted by Gasteiger charge is -2.24. The Labute approximate surface area is 218 Å². The van der Waals surface area contributed by atoms with E-state index in [2.05, 4.69) is 17.4 Å². The van der Waals surface area contributed by atoms with E-state index < -0.39 is 5.60 Å². The fourth-order valence-corrected chi connectivity index (χ4v) is 4.12. The van der Waals surface area contributed by atoms with Crippen LogP contribution in [-0.4, -0.2) is 48.8 Å². The largest absolute Gasteiger partial charge is 0.493 e. The molecule has 2 amide bonds. The van der Waals surface area contributed by atoms with Crippen molar-refractivity contribution < 1.29 is 28.5 Å². The number of benzene rings is 2. The van der Waals surface area contributed by atoms with Gasteiger partial charge in [0.1, 0.15) is 17.5 Å². The molecule has 1 atom stereocenters. The summed E-state index contributed by atoms with van der Waals surface area (Å²) in [6, 6.07) is 13.1. The maximum Gasteiger partial charge on any atom is 0.410 e. The first kappa shape index (κ1) is 26.4. The van der Waals surface area contributed by atoms with Crippen LogP contribution in [0.4, 0.5) is 10.5 Å². The van der Waals surface area contributed by atoms with Gasteiger partial charge < -0.3 is 29.2 Å². The normalized spacial score (nSPS) is 17.8. The molecule has 198 valence electrons. The second kappa shape index (κ2) is 11.2. The number of anilines is 1. The van der Waals surface area contributed by atoms with Gasteiger partial charge in [-0.1, -0.05) is 12.1 Å². The molecule has 0 radical (unpaired) electrons. The van der Waals surface area contributed by atoms with Gasteiger partial charge in [0.25, 0.3) is 5.91 Å². The van der Waals surface area contributed by atoms with Crippen molar-refractivity contribution in [3.05, 3.63) is 59.9 Å². The van der Waals surface area contributed by atoms with Crippen molar-refractivity contribution in [3.8, 4) is 17.2 Å². The Balaban J connectivity index is 1.34. The zero-order valence-electron chi connectivity index (χ0n) is 22.2. The molecule has 37 heavy (non-hydrogen) atoms. The minimum atomic E-state index is -0.544. The number of nitrogens with one attached hydrogen (secondary N) is 1. The van der Waals surface area contributed by atoms with E-state index in [4.69, 9.17) is 18.9 Å². The van der Waals surface area contributed by atoms with Gasteiger partial charge in [0.15, 0.2) is 17.3 Å². The molecule has 0 bridgehead atoms. The SMILES string of the molecule is C/C=C(\Oc1ccc(C2CC2)cc1)C(=O)Nc1ccc(O[C@@H]2CCN(C(=O)OC(C)(C)C)C2)c(OC)c1. The quantitative estimate of drug-likeness (QED) is 0.354. The van der Waals surface area contributed by atoms with E-state index in [1.807, 2.05) is 32.9 Å². The predicted octanol–water partition coefficient (Wildman–Crippen LogP) is 5.88. The van der Waals surface area contributed by atoms with Gasteiger partial charge in [0.05, 0.1) is 13.7 Å². The molecule has 1 N–H and O–H groups in total. The molecule has 0 aromatic heterocycles. The van der Waals surface area contributed by atoms with Crippen LogP contribution >= 0.6 is 0 Å². The third kappa shape index (κ3) is 7.18. The zero-order chi connectivity index (χ0) is 26.6. The van der Waals surface area contributed by atoms with Crippen molar-refractivity contribution in [3.63, 3.8) is 0 Å². The number of amides is 2. The number of carbonyl (C=O) groups is 2. The van der Waals surface area contributed by atoms with Gasteiger partial charge in [-0.3, -0.25) is 4.79 Å². The molecular formula is C29H36N2O6. The Morgan fingerprint density at radius 2 is 1.76 bits per heavy atom. The fourth-order valence-electron chi connectivity index (χ4n) is 4.12. The molecular weight excluding hydrogens is 472 g/mol. The fraction of sp³-hybridized carbons (Fsp3) is 0.448. The number of hydrogen-bond donors (Lipinski definition) is 1. The van der Waals surface area contributed by atoms with Crippen molar-refractivity contribution in [2.24, 2.45) is 0 Å². The predicted molar refractivity (Wildman–Crippen MR) is 141 cm³/mol. The summed E-state index contributed by atoms with van der Waals surface area (Å²) in [6.45, 7) is 8.28. The number of nitrogens with zero attached hydrogens (tertiary/aromatic N) is 1. The molecule has 0 spiro atoms. The van der Waals surface area contributed by atoms with E-state index in [9.17, 15) is 9.59 Å². The third-order valence-electron chi connectivity index (χ3n) is 6.15. The number of methoxy groups -OCH3 is 1. The van der Waals surface area contributed by atoms with Crippen LogP contribution < -0.4 is 19.5 Å². The molecule has 4 rings (SSSR count). The summed E-state index contributed by atoms with van der Waals surface area (Å²) in [6.07, 6.45) is 4.27. The van der Waals surface area contributed by atoms with Gasteiger partial charge in [-0.15, -0.1) is 0 Å². The van der Waals surface area contributed by atoms with Crippen LogP contribution in [-0.2, 0) is 9.53 Å². The van der Waals surface area contributed by atoms with Crippen LogP contribution in [0.5, 0.6) is 17.2 Å². The molecule has 2 aromatic carbocycles. The molecule has 1 aliphatic carbocycles. The average Bonchev–Trinajstić information content (AvgIpc) is 3.60. The summed E-state index contributed by atoms with van der Waals surface area (Å²) in [5.41, 5.74) is 1.31. The highest BCUT2D eigenvalue weighted by Crippen LogP contribution is 2.40. The Morgan fingerprint density at radius 1 is 1.03 bits per heavy atom. The van der Waals surface area contributed by atoms with Gasteiger partial charge >= 0.3 is 6.09 Å². The second-order valence-electron chi connectivity index (χ2n) is 10.4. The zero-order valence-corrected chi connectivity index (χ0v) is 22.2. The van der Waals surface area contributed by atoms with Crippen LogP contribution in [0.1, 0.15) is 58.4 Å². The third-order valence-corrected chi connectivity index (χ3v) is 6.15. The summed E-state index contributed by atoms with van der Waals surface area (Å²) in [5.74, 6) is 2.13. The van der Waals surface area contributed by atoms with Crippen LogP contribution in [0.25, 0.3) is 0 Å². The molecule has 1 heterocycles. The minimum Gasteiger partial charge on any atom is -0.493 e. The van der Waals surface area contributed by atoms with Crippen LogP contribution in [0.3, 0.4) is 0 Å². The van der Waals surface area contributed by atoms with Gasteiger partial charge in [0, 0.05) is 24.7 Å². The van der Waals surface area contributed by atoms with Gasteiger partial charge in [-0.2, -0.15) is 0 Å². The molecule has 8 heteroatoms. The van der Waals surface area contributed by atoms with Crippen molar-refractivity contribution in [2.75, 3.05) is 25.5 Å². The number of hydrogen-bond acceptors (Lipinski definition) is 6. The Morgan fingerprint density at radius 3 is 2.38 bits per heavy atom. The van der Waals surface area contributed by atoms with Crippen molar-refractivity contribution >= 4 is 17.7 Å². The van der Waals surface area contributed by atoms with Gasteiger partial charge in [0.2, 0.25) is 0 Å². The first-order valence-electron chi connectivity index (χ1n) is 12.7. The molecule has 2 aliphatic rings. The summed E-state index contributed by atoms with van der Waals surface area (Å²) in [7, 11) is 1.54. The maximum atomic E-state index is 12.9. The number of allylic oxidation sites excluding steroid dienone is 1. The van der Waals surface area contributed by atoms with Crippen LogP contribution in [0.15, 0.2) is 54.3 Å². The molecule has 8 nitrogen and oxygen atoms in total. The highest BCUT2D eigenvalue weighted by atomic mass is 16.6. The molecule has 2 aromatic rings. The van der Waals surface area contributed by atoms with Gasteiger partial charge in [-0.25, -0.2) is 4.79 Å². The lowest BCUT2D eigenvalue weighted by Crippen LogP contribution is -2.36. The lowest BCUT2D eigenvalue weighted by atomic mass is 10.1. The van der Waals surface area contributed by atoms with E-state index >= 15 is 0 Å². The van der Waals surface area contributed by atoms with E-state index in [-0.39, 0.29) is 23.9 Å². The van der Waals surface area contributed by atoms with Crippen LogP contribution in [0.2, 0.25) is 0 Å². The van der Waals surface area contributed by atoms with E-state index in [0.717, 1.165) is 0 Å². The summed E-state index contributed by atoms with van der Waals surface area (Å²) in [5, 5.41) is 2.85. The minimum absolute atomic E-state index is 0.184. The molecule has 1 saturated heterocycles. The van der Waals surface area contributed by atoms with Crippen molar-refractivity contribution in [1.29, 1.82) is 0 Å². The number of carbonyl (C=O) groups excluding carboxylic acids is 2. The standard InChI is InChI=1S/C29H36N2O6/c1-6-24(35-22-12-9-20(10-13-22)19-7-8-19)27(32)30-21-11-14-25(26(17-21)34-5)36-23-15-16-31(18-23)28(33)37-29(2,3)4/h6,9-14,17,19,23H,7-8,15-16,18H2,1-5H3,(H,30,32)/b24-6-/t23-/m1/s1. The Bertz CT molecular complexity index is 1150. The lowest BCUT2D eigenvalue weighted by molar-refractivity contribution is -0.114. The summed E-state index contributed by atoms with van der Waals surface area (Å²) in [4.78, 5) is 26.9. The molecule has 0 unspecified atom stereocenters. The maximum absolute atomic E-state index is 12.9.